The van der Waals surface area contributed by atoms with Crippen molar-refractivity contribution >= 4 is 8.60 Å². The van der Waals surface area contributed by atoms with Crippen LogP contribution in [0.2, 0.25) is 0 Å². The Morgan fingerprint density at radius 1 is 1.71 bits per heavy atom. The molecule has 1 aliphatic rings. The van der Waals surface area contributed by atoms with E-state index in [4.69, 9.17) is 4.52 Å². The summed E-state index contributed by atoms with van der Waals surface area (Å²) in [6.45, 7) is 3.99. The van der Waals surface area contributed by atoms with Crippen LogP contribution in [-0.4, -0.2) is 6.61 Å². The van der Waals surface area contributed by atoms with E-state index in [9.17, 15) is 0 Å². The zero-order valence-corrected chi connectivity index (χ0v) is 4.95. The fraction of sp³-hybridized carbons (Fsp3) is 0.333. The van der Waals surface area contributed by atoms with Gasteiger partial charge in [0.2, 0.25) is 0 Å². The molecule has 1 fully saturated rings. The SMILES string of the molecule is C=CCO[PH2]1OO1. The number of hydrogen-bond acceptors (Lipinski definition) is 3. The molecule has 0 aromatic rings. The molecule has 0 aliphatic carbocycles. The summed E-state index contributed by atoms with van der Waals surface area (Å²) < 4.78 is 13.6. The van der Waals surface area contributed by atoms with Gasteiger partial charge >= 0.3 is 41.7 Å². The Bertz CT molecular complexity index is 70.6. The third kappa shape index (κ3) is 2.00. The van der Waals surface area contributed by atoms with E-state index in [1.807, 2.05) is 0 Å². The summed E-state index contributed by atoms with van der Waals surface area (Å²) in [5, 5.41) is 0. The summed E-state index contributed by atoms with van der Waals surface area (Å²) in [4.78, 5) is 0. The summed E-state index contributed by atoms with van der Waals surface area (Å²) in [5.41, 5.74) is 0. The van der Waals surface area contributed by atoms with Gasteiger partial charge in [-0.1, -0.05) is 0 Å². The average molecular weight is 122 g/mol. The molecule has 1 rings (SSSR count). The number of rotatable bonds is 3. The van der Waals surface area contributed by atoms with Gasteiger partial charge < -0.3 is 0 Å². The first-order chi connectivity index (χ1) is 3.43. The zero-order chi connectivity index (χ0) is 5.11. The van der Waals surface area contributed by atoms with Crippen LogP contribution in [-0.2, 0) is 13.9 Å². The van der Waals surface area contributed by atoms with E-state index >= 15 is 0 Å². The zero-order valence-electron chi connectivity index (χ0n) is 3.79. The van der Waals surface area contributed by atoms with Gasteiger partial charge in [-0.3, -0.25) is 0 Å². The molecule has 0 spiro atoms. The summed E-state index contributed by atoms with van der Waals surface area (Å²) in [6, 6.07) is 0. The Morgan fingerprint density at radius 2 is 2.43 bits per heavy atom. The van der Waals surface area contributed by atoms with Gasteiger partial charge in [0.25, 0.3) is 0 Å². The van der Waals surface area contributed by atoms with Crippen molar-refractivity contribution in [2.75, 3.05) is 6.61 Å². The molecule has 1 heterocycles. The minimum absolute atomic E-state index is 0.539. The van der Waals surface area contributed by atoms with E-state index in [1.54, 1.807) is 6.08 Å². The predicted octanol–water partition coefficient (Wildman–Crippen LogP) is 0.842. The molecule has 0 atom stereocenters. The van der Waals surface area contributed by atoms with Crippen LogP contribution in [0.1, 0.15) is 0 Å². The van der Waals surface area contributed by atoms with Crippen LogP contribution in [0.4, 0.5) is 0 Å². The topological polar surface area (TPSA) is 34.3 Å². The number of hydrogen-bond donors (Lipinski definition) is 0. The van der Waals surface area contributed by atoms with Crippen LogP contribution in [0.15, 0.2) is 12.7 Å². The van der Waals surface area contributed by atoms with Crippen molar-refractivity contribution in [1.82, 2.24) is 0 Å². The molecule has 0 saturated carbocycles. The molecule has 7 heavy (non-hydrogen) atoms. The van der Waals surface area contributed by atoms with Gasteiger partial charge in [0, 0.05) is 0 Å². The van der Waals surface area contributed by atoms with Crippen molar-refractivity contribution in [2.24, 2.45) is 0 Å². The Balaban J connectivity index is 1.88. The Kier molecular flexibility index (Phi) is 1.77. The molecule has 0 amide bonds. The summed E-state index contributed by atoms with van der Waals surface area (Å²) in [5.74, 6) is 0. The van der Waals surface area contributed by atoms with E-state index in [0.29, 0.717) is 6.61 Å². The fourth-order valence-electron chi connectivity index (χ4n) is 0.225. The van der Waals surface area contributed by atoms with E-state index < -0.39 is 8.60 Å². The van der Waals surface area contributed by atoms with Crippen LogP contribution in [0.25, 0.3) is 0 Å². The van der Waals surface area contributed by atoms with Gasteiger partial charge in [-0.15, -0.1) is 0 Å². The Hall–Kier alpha value is 0.0500. The molecule has 42 valence electrons. The minimum atomic E-state index is -1.51. The van der Waals surface area contributed by atoms with Gasteiger partial charge in [-0.2, -0.15) is 0 Å². The molecule has 0 aromatic carbocycles. The molecule has 0 radical (unpaired) electrons. The van der Waals surface area contributed by atoms with Crippen molar-refractivity contribution in [1.29, 1.82) is 0 Å². The van der Waals surface area contributed by atoms with Crippen LogP contribution in [0, 0.1) is 0 Å². The molecule has 0 N–H and O–H groups in total. The van der Waals surface area contributed by atoms with Crippen molar-refractivity contribution < 1.29 is 13.9 Å². The van der Waals surface area contributed by atoms with Crippen LogP contribution < -0.4 is 0 Å². The first kappa shape index (κ1) is 5.19. The van der Waals surface area contributed by atoms with Gasteiger partial charge in [0.15, 0.2) is 0 Å². The molecule has 0 unspecified atom stereocenters. The predicted molar refractivity (Wildman–Crippen MR) is 28.0 cm³/mol. The Labute approximate surface area is 42.8 Å². The summed E-state index contributed by atoms with van der Waals surface area (Å²) >= 11 is 0. The summed E-state index contributed by atoms with van der Waals surface area (Å²) in [7, 11) is -1.51. The second-order valence-corrected chi connectivity index (χ2v) is 2.40. The third-order valence-corrected chi connectivity index (χ3v) is 1.34. The standard InChI is InChI=1S/C3H7O3P/c1-2-3-4-7-5-6-7/h2H,1,3,7H2. The third-order valence-electron chi connectivity index (χ3n) is 0.525. The van der Waals surface area contributed by atoms with Crippen molar-refractivity contribution in [3.05, 3.63) is 12.7 Å². The van der Waals surface area contributed by atoms with Gasteiger partial charge in [-0.25, -0.2) is 0 Å². The van der Waals surface area contributed by atoms with E-state index in [-0.39, 0.29) is 0 Å². The average Bonchev–Trinajstić information content (AvgIpc) is 2.42. The molecule has 4 heteroatoms. The maximum atomic E-state index is 4.88. The Morgan fingerprint density at radius 3 is 2.86 bits per heavy atom. The normalized spacial score (nSPS) is 22.0. The van der Waals surface area contributed by atoms with Crippen LogP contribution >= 0.6 is 8.60 Å². The van der Waals surface area contributed by atoms with Crippen LogP contribution in [0.3, 0.4) is 0 Å². The molecule has 1 aliphatic heterocycles. The molecular formula is C3H7O3P. The molecular weight excluding hydrogens is 115 g/mol. The van der Waals surface area contributed by atoms with Crippen molar-refractivity contribution in [3.63, 3.8) is 0 Å². The van der Waals surface area contributed by atoms with E-state index in [2.05, 4.69) is 15.9 Å². The van der Waals surface area contributed by atoms with E-state index in [0.717, 1.165) is 0 Å². The summed E-state index contributed by atoms with van der Waals surface area (Å²) in [6.07, 6.45) is 1.66. The molecule has 0 bridgehead atoms. The quantitative estimate of drug-likeness (QED) is 0.241. The second-order valence-electron chi connectivity index (χ2n) is 1.10. The van der Waals surface area contributed by atoms with Gasteiger partial charge in [0.1, 0.15) is 0 Å². The monoisotopic (exact) mass is 122 g/mol. The maximum absolute atomic E-state index is 4.88. The van der Waals surface area contributed by atoms with Crippen molar-refractivity contribution in [2.45, 2.75) is 0 Å². The van der Waals surface area contributed by atoms with Crippen molar-refractivity contribution in [3.8, 4) is 0 Å². The molecule has 0 aromatic heterocycles. The van der Waals surface area contributed by atoms with Gasteiger partial charge in [-0.05, 0) is 0 Å². The second kappa shape index (κ2) is 2.38. The molecule has 1 saturated heterocycles. The molecule has 3 nitrogen and oxygen atoms in total. The first-order valence-electron chi connectivity index (χ1n) is 1.98. The van der Waals surface area contributed by atoms with E-state index in [1.165, 1.54) is 0 Å². The fourth-order valence-corrected chi connectivity index (χ4v) is 0.811. The van der Waals surface area contributed by atoms with Crippen LogP contribution in [0.5, 0.6) is 0 Å². The van der Waals surface area contributed by atoms with Gasteiger partial charge in [0.05, 0.1) is 0 Å². The first-order valence-corrected chi connectivity index (χ1v) is 3.39.